The molecule has 4 rings (SSSR count). The molecule has 0 aromatic heterocycles. The van der Waals surface area contributed by atoms with Crippen LogP contribution in [0.4, 0.5) is 0 Å². The first-order chi connectivity index (χ1) is 12.2. The van der Waals surface area contributed by atoms with Crippen LogP contribution >= 0.6 is 0 Å². The van der Waals surface area contributed by atoms with Crippen LogP contribution in [0.15, 0.2) is 83.0 Å². The fourth-order valence-corrected chi connectivity index (χ4v) is 2.97. The van der Waals surface area contributed by atoms with Gasteiger partial charge in [0.05, 0.1) is 11.8 Å². The molecule has 4 nitrogen and oxygen atoms in total. The molecule has 0 spiro atoms. The third-order valence-electron chi connectivity index (χ3n) is 4.18. The molecular weight excluding hydrogens is 335 g/mol. The summed E-state index contributed by atoms with van der Waals surface area (Å²) in [6, 6.07) is 22.8. The Bertz CT molecular complexity index is 977. The third kappa shape index (κ3) is 3.40. The Balaban J connectivity index is 0.00000196. The molecule has 0 fully saturated rings. The van der Waals surface area contributed by atoms with Crippen molar-refractivity contribution in [2.24, 2.45) is 10.2 Å². The van der Waals surface area contributed by atoms with Gasteiger partial charge in [0, 0.05) is 40.7 Å². The summed E-state index contributed by atoms with van der Waals surface area (Å²) < 4.78 is 0. The zero-order chi connectivity index (χ0) is 17.2. The molecule has 3 aromatic rings. The molecule has 1 aliphatic rings. The second-order valence-electron chi connectivity index (χ2n) is 5.71. The van der Waals surface area contributed by atoms with E-state index in [1.807, 2.05) is 36.4 Å². The van der Waals surface area contributed by atoms with Crippen molar-refractivity contribution in [2.75, 3.05) is 0 Å². The minimum absolute atomic E-state index is 0. The summed E-state index contributed by atoms with van der Waals surface area (Å²) in [6.07, 6.45) is 1.63. The van der Waals surface area contributed by atoms with Gasteiger partial charge in [-0.15, -0.1) is 5.10 Å². The second-order valence-corrected chi connectivity index (χ2v) is 5.71. The number of benzene rings is 3. The number of carbonyl (C=O) groups is 1. The first kappa shape index (κ1) is 18.3. The first-order valence-corrected chi connectivity index (χ1v) is 7.87. The van der Waals surface area contributed by atoms with Crippen LogP contribution in [0.3, 0.4) is 0 Å². The van der Waals surface area contributed by atoms with Gasteiger partial charge in [0.25, 0.3) is 0 Å². The number of rotatable bonds is 3. The fraction of sp³-hybridized carbons (Fsp3) is 0. The topological polar surface area (TPSA) is 62.0 Å². The predicted molar refractivity (Wildman–Crippen MR) is 104 cm³/mol. The number of fused-ring (bicyclic) bond motifs is 3. The van der Waals surface area contributed by atoms with Gasteiger partial charge < -0.3 is 5.11 Å². The van der Waals surface area contributed by atoms with E-state index in [9.17, 15) is 4.79 Å². The Labute approximate surface area is 173 Å². The van der Waals surface area contributed by atoms with E-state index in [1.165, 1.54) is 0 Å². The summed E-state index contributed by atoms with van der Waals surface area (Å²) in [7, 11) is 0. The monoisotopic (exact) mass is 349 g/mol. The Morgan fingerprint density at radius 2 is 1.27 bits per heavy atom. The molecule has 1 N–H and O–H groups in total. The molecule has 121 valence electrons. The van der Waals surface area contributed by atoms with Crippen LogP contribution in [0, 0.1) is 0 Å². The molecule has 0 atom stereocenters. The Hall–Kier alpha value is -2.53. The van der Waals surface area contributed by atoms with Crippen molar-refractivity contribution in [3.8, 4) is 11.1 Å². The van der Waals surface area contributed by atoms with Crippen molar-refractivity contribution < 1.29 is 9.90 Å². The van der Waals surface area contributed by atoms with Crippen LogP contribution in [0.5, 0.6) is 0 Å². The van der Waals surface area contributed by atoms with E-state index in [-0.39, 0.29) is 35.1 Å². The Morgan fingerprint density at radius 1 is 0.769 bits per heavy atom. The van der Waals surface area contributed by atoms with Gasteiger partial charge in [-0.1, -0.05) is 60.7 Å². The fourth-order valence-electron chi connectivity index (χ4n) is 2.97. The molecule has 1 aliphatic carbocycles. The Kier molecular flexibility index (Phi) is 5.47. The zero-order valence-corrected chi connectivity index (χ0v) is 16.3. The molecule has 0 aliphatic heterocycles. The van der Waals surface area contributed by atoms with E-state index in [1.54, 1.807) is 30.5 Å². The van der Waals surface area contributed by atoms with Gasteiger partial charge >= 0.3 is 5.97 Å². The molecule has 0 amide bonds. The molecule has 26 heavy (non-hydrogen) atoms. The summed E-state index contributed by atoms with van der Waals surface area (Å²) in [4.78, 5) is 10.9. The van der Waals surface area contributed by atoms with Crippen molar-refractivity contribution in [1.29, 1.82) is 0 Å². The summed E-state index contributed by atoms with van der Waals surface area (Å²) in [5.41, 5.74) is 6.38. The normalized spacial score (nSPS) is 11.6. The molecule has 0 bridgehead atoms. The van der Waals surface area contributed by atoms with Gasteiger partial charge in [0.15, 0.2) is 0 Å². The average Bonchev–Trinajstić information content (AvgIpc) is 2.97. The summed E-state index contributed by atoms with van der Waals surface area (Å²) >= 11 is 0. The van der Waals surface area contributed by atoms with E-state index in [2.05, 4.69) is 22.3 Å². The largest absolute Gasteiger partial charge is 0.478 e. The molecule has 1 radical (unpaired) electrons. The Morgan fingerprint density at radius 3 is 1.77 bits per heavy atom. The molecule has 0 saturated carbocycles. The van der Waals surface area contributed by atoms with Crippen molar-refractivity contribution in [3.05, 3.63) is 95.1 Å². The van der Waals surface area contributed by atoms with E-state index in [4.69, 9.17) is 5.11 Å². The van der Waals surface area contributed by atoms with Crippen LogP contribution in [0.1, 0.15) is 27.0 Å². The number of hydrogen-bond acceptors (Lipinski definition) is 3. The maximum atomic E-state index is 10.9. The van der Waals surface area contributed by atoms with Gasteiger partial charge in [-0.05, 0) is 28.8 Å². The van der Waals surface area contributed by atoms with E-state index in [0.29, 0.717) is 0 Å². The number of aromatic carboxylic acids is 1. The van der Waals surface area contributed by atoms with Crippen LogP contribution < -0.4 is 0 Å². The molecule has 0 unspecified atom stereocenters. The van der Waals surface area contributed by atoms with E-state index < -0.39 is 5.97 Å². The van der Waals surface area contributed by atoms with Crippen molar-refractivity contribution in [1.82, 2.24) is 0 Å². The van der Waals surface area contributed by atoms with Gasteiger partial charge in [-0.2, -0.15) is 5.10 Å². The molecule has 0 heterocycles. The van der Waals surface area contributed by atoms with Gasteiger partial charge in [0.2, 0.25) is 0 Å². The number of hydrogen-bond donors (Lipinski definition) is 1. The van der Waals surface area contributed by atoms with E-state index >= 15 is 0 Å². The first-order valence-electron chi connectivity index (χ1n) is 7.87. The van der Waals surface area contributed by atoms with Crippen LogP contribution in [-0.4, -0.2) is 52.6 Å². The standard InChI is InChI=1S/C21H14N2O2.Na/c24-21(25)15-11-9-14(10-12-15)13-22-23-20-18-7-3-1-5-16(18)17-6-2-4-8-19(17)20;/h1-13H,(H,24,25);/b22-13+;. The molecule has 3 aromatic carbocycles. The van der Waals surface area contributed by atoms with Crippen molar-refractivity contribution >= 4 is 47.5 Å². The van der Waals surface area contributed by atoms with Crippen molar-refractivity contribution in [2.45, 2.75) is 0 Å². The summed E-state index contributed by atoms with van der Waals surface area (Å²) in [5, 5.41) is 17.6. The number of carboxylic acids is 1. The van der Waals surface area contributed by atoms with E-state index in [0.717, 1.165) is 33.5 Å². The summed E-state index contributed by atoms with van der Waals surface area (Å²) in [5.74, 6) is -0.942. The van der Waals surface area contributed by atoms with Crippen molar-refractivity contribution in [3.63, 3.8) is 0 Å². The maximum Gasteiger partial charge on any atom is 0.335 e. The van der Waals surface area contributed by atoms with Gasteiger partial charge in [0.1, 0.15) is 5.71 Å². The smallest absolute Gasteiger partial charge is 0.335 e. The van der Waals surface area contributed by atoms with Gasteiger partial charge in [-0.3, -0.25) is 0 Å². The van der Waals surface area contributed by atoms with Crippen LogP contribution in [0.25, 0.3) is 11.1 Å². The zero-order valence-electron chi connectivity index (χ0n) is 14.3. The predicted octanol–water partition coefficient (Wildman–Crippen LogP) is 3.86. The maximum absolute atomic E-state index is 10.9. The minimum Gasteiger partial charge on any atom is -0.478 e. The van der Waals surface area contributed by atoms with Crippen LogP contribution in [0.2, 0.25) is 0 Å². The van der Waals surface area contributed by atoms with Crippen LogP contribution in [-0.2, 0) is 0 Å². The number of carboxylic acid groups (broad SMARTS) is 1. The average molecular weight is 349 g/mol. The molecule has 5 heteroatoms. The number of nitrogens with zero attached hydrogens (tertiary/aromatic N) is 2. The second kappa shape index (κ2) is 7.79. The minimum atomic E-state index is -0.942. The third-order valence-corrected chi connectivity index (χ3v) is 4.18. The quantitative estimate of drug-likeness (QED) is 0.347. The van der Waals surface area contributed by atoms with Gasteiger partial charge in [-0.25, -0.2) is 4.79 Å². The molecular formula is C21H14N2NaO2. The summed E-state index contributed by atoms with van der Waals surface area (Å²) in [6.45, 7) is 0. The SMILES string of the molecule is O=C(O)c1ccc(/C=N/N=C2c3ccccc3-c3ccccc32)cc1.[Na]. The molecule has 0 saturated heterocycles.